The Morgan fingerprint density at radius 2 is 1.97 bits per heavy atom. The zero-order valence-corrected chi connectivity index (χ0v) is 21.0. The Kier molecular flexibility index (Phi) is 9.10. The third kappa shape index (κ3) is 5.88. The molecule has 1 aromatic carbocycles. The number of aliphatic carboxylic acids is 1. The van der Waals surface area contributed by atoms with Crippen molar-refractivity contribution < 1.29 is 37.4 Å². The van der Waals surface area contributed by atoms with Crippen LogP contribution in [-0.2, 0) is 14.4 Å². The number of amides is 2. The van der Waals surface area contributed by atoms with Crippen LogP contribution < -0.4 is 10.1 Å². The molecule has 0 aliphatic carbocycles. The van der Waals surface area contributed by atoms with Crippen molar-refractivity contribution in [3.63, 3.8) is 0 Å². The van der Waals surface area contributed by atoms with E-state index < -0.39 is 53.3 Å². The fraction of sp³-hybridized carbons (Fsp3) is 0.560. The second-order valence-electron chi connectivity index (χ2n) is 9.00. The summed E-state index contributed by atoms with van der Waals surface area (Å²) in [6, 6.07) is 4.13. The highest BCUT2D eigenvalue weighted by Crippen LogP contribution is 2.50. The molecule has 2 amide bonds. The SMILES string of the molecule is CCCCC=CCCN1C(=O)C2C(c3cccc(OC(F)(F)F)c3)NC(CCSC)(C(=O)O)C2C1=O. The second-order valence-corrected chi connectivity index (χ2v) is 9.98. The summed E-state index contributed by atoms with van der Waals surface area (Å²) in [6.45, 7) is 2.20. The van der Waals surface area contributed by atoms with Gasteiger partial charge in [-0.3, -0.25) is 24.6 Å². The van der Waals surface area contributed by atoms with Crippen LogP contribution in [-0.4, -0.2) is 58.2 Å². The van der Waals surface area contributed by atoms with Crippen LogP contribution in [0, 0.1) is 11.8 Å². The van der Waals surface area contributed by atoms with Gasteiger partial charge >= 0.3 is 12.3 Å². The van der Waals surface area contributed by atoms with E-state index in [-0.39, 0.29) is 18.5 Å². The van der Waals surface area contributed by atoms with Crippen LogP contribution in [0.25, 0.3) is 0 Å². The van der Waals surface area contributed by atoms with Crippen LogP contribution in [0.4, 0.5) is 13.2 Å². The Labute approximate surface area is 212 Å². The number of carboxylic acids is 1. The molecule has 7 nitrogen and oxygen atoms in total. The smallest absolute Gasteiger partial charge is 0.480 e. The van der Waals surface area contributed by atoms with Crippen molar-refractivity contribution >= 4 is 29.5 Å². The van der Waals surface area contributed by atoms with E-state index in [9.17, 15) is 32.7 Å². The first-order valence-corrected chi connectivity index (χ1v) is 13.3. The third-order valence-electron chi connectivity index (χ3n) is 6.69. The number of imide groups is 1. The Bertz CT molecular complexity index is 1000. The number of halogens is 3. The highest BCUT2D eigenvalue weighted by atomic mass is 32.2. The number of thioether (sulfide) groups is 1. The molecule has 0 radical (unpaired) electrons. The van der Waals surface area contributed by atoms with Crippen molar-refractivity contribution in [2.24, 2.45) is 11.8 Å². The predicted octanol–water partition coefficient (Wildman–Crippen LogP) is 4.54. The molecule has 3 rings (SSSR count). The zero-order chi connectivity index (χ0) is 26.5. The fourth-order valence-corrected chi connectivity index (χ4v) is 5.56. The molecular formula is C25H31F3N2O5S. The number of unbranched alkanes of at least 4 members (excludes halogenated alkanes) is 2. The number of rotatable bonds is 12. The molecule has 36 heavy (non-hydrogen) atoms. The largest absolute Gasteiger partial charge is 0.573 e. The molecule has 4 atom stereocenters. The summed E-state index contributed by atoms with van der Waals surface area (Å²) in [5.74, 6) is -4.64. The van der Waals surface area contributed by atoms with Crippen molar-refractivity contribution in [2.45, 2.75) is 57.0 Å². The van der Waals surface area contributed by atoms with Crippen molar-refractivity contribution in [1.29, 1.82) is 0 Å². The highest BCUT2D eigenvalue weighted by molar-refractivity contribution is 7.98. The summed E-state index contributed by atoms with van der Waals surface area (Å²) >= 11 is 1.40. The van der Waals surface area contributed by atoms with Crippen LogP contribution >= 0.6 is 11.8 Å². The number of nitrogens with zero attached hydrogens (tertiary/aromatic N) is 1. The lowest BCUT2D eigenvalue weighted by atomic mass is 9.78. The van der Waals surface area contributed by atoms with Crippen molar-refractivity contribution in [2.75, 3.05) is 18.6 Å². The van der Waals surface area contributed by atoms with Crippen molar-refractivity contribution in [1.82, 2.24) is 10.2 Å². The van der Waals surface area contributed by atoms with E-state index in [0.29, 0.717) is 12.2 Å². The third-order valence-corrected chi connectivity index (χ3v) is 7.30. The quantitative estimate of drug-likeness (QED) is 0.234. The maximum Gasteiger partial charge on any atom is 0.573 e. The molecule has 2 saturated heterocycles. The molecule has 2 aliphatic rings. The zero-order valence-electron chi connectivity index (χ0n) is 20.2. The average molecular weight is 529 g/mol. The summed E-state index contributed by atoms with van der Waals surface area (Å²) in [5.41, 5.74) is -1.47. The van der Waals surface area contributed by atoms with Crippen LogP contribution in [0.1, 0.15) is 50.6 Å². The molecule has 11 heteroatoms. The van der Waals surface area contributed by atoms with Crippen molar-refractivity contribution in [3.8, 4) is 5.75 Å². The number of hydrogen-bond acceptors (Lipinski definition) is 6. The summed E-state index contributed by atoms with van der Waals surface area (Å²) < 4.78 is 42.4. The van der Waals surface area contributed by atoms with E-state index in [1.165, 1.54) is 23.9 Å². The van der Waals surface area contributed by atoms with Gasteiger partial charge in [0.05, 0.1) is 11.8 Å². The molecule has 0 spiro atoms. The van der Waals surface area contributed by atoms with Gasteiger partial charge in [-0.25, -0.2) is 0 Å². The summed E-state index contributed by atoms with van der Waals surface area (Å²) in [6.07, 6.45) is 4.27. The number of nitrogens with one attached hydrogen (secondary N) is 1. The van der Waals surface area contributed by atoms with Gasteiger partial charge in [0.25, 0.3) is 0 Å². The monoisotopic (exact) mass is 528 g/mol. The number of ether oxygens (including phenoxy) is 1. The highest BCUT2D eigenvalue weighted by Gasteiger charge is 2.68. The minimum Gasteiger partial charge on any atom is -0.480 e. The van der Waals surface area contributed by atoms with Gasteiger partial charge in [0.2, 0.25) is 11.8 Å². The normalized spacial score (nSPS) is 26.1. The molecule has 0 bridgehead atoms. The first kappa shape index (κ1) is 28.0. The van der Waals surface area contributed by atoms with Crippen LogP contribution in [0.2, 0.25) is 0 Å². The van der Waals surface area contributed by atoms with E-state index in [4.69, 9.17) is 0 Å². The lowest BCUT2D eigenvalue weighted by Gasteiger charge is -2.31. The number of allylic oxidation sites excluding steroid dienone is 1. The van der Waals surface area contributed by atoms with Gasteiger partial charge in [0, 0.05) is 12.6 Å². The molecule has 4 unspecified atom stereocenters. The van der Waals surface area contributed by atoms with Gasteiger partial charge in [-0.1, -0.05) is 44.1 Å². The van der Waals surface area contributed by atoms with E-state index in [0.717, 1.165) is 36.3 Å². The molecule has 0 saturated carbocycles. The number of hydrogen-bond donors (Lipinski definition) is 2. The summed E-state index contributed by atoms with van der Waals surface area (Å²) in [5, 5.41) is 13.2. The van der Waals surface area contributed by atoms with E-state index in [2.05, 4.69) is 17.0 Å². The van der Waals surface area contributed by atoms with E-state index in [1.807, 2.05) is 12.2 Å². The van der Waals surface area contributed by atoms with E-state index >= 15 is 0 Å². The van der Waals surface area contributed by atoms with Crippen LogP contribution in [0.3, 0.4) is 0 Å². The first-order chi connectivity index (χ1) is 17.1. The molecule has 2 N–H and O–H groups in total. The molecule has 2 heterocycles. The fourth-order valence-electron chi connectivity index (χ4n) is 5.03. The number of benzene rings is 1. The minimum absolute atomic E-state index is 0.0731. The predicted molar refractivity (Wildman–Crippen MR) is 129 cm³/mol. The topological polar surface area (TPSA) is 95.9 Å². The van der Waals surface area contributed by atoms with Gasteiger partial charge in [-0.05, 0) is 49.0 Å². The Morgan fingerprint density at radius 3 is 2.61 bits per heavy atom. The number of alkyl halides is 3. The first-order valence-electron chi connectivity index (χ1n) is 11.9. The molecule has 198 valence electrons. The van der Waals surface area contributed by atoms with Gasteiger partial charge < -0.3 is 9.84 Å². The minimum atomic E-state index is -4.91. The number of likely N-dealkylation sites (tertiary alicyclic amines) is 1. The molecule has 2 aliphatic heterocycles. The van der Waals surface area contributed by atoms with Crippen LogP contribution in [0.15, 0.2) is 36.4 Å². The number of carbonyl (C=O) groups excluding carboxylic acids is 2. The standard InChI is InChI=1S/C25H31F3N2O5S/c1-3-4-5-6-7-8-13-30-21(31)18-19(22(30)32)24(23(33)34,12-14-36-2)29-20(18)16-10-9-11-17(15-16)35-25(26,27)28/h6-7,9-11,15,18-20,29H,3-5,8,12-14H2,1-2H3,(H,33,34). The van der Waals surface area contributed by atoms with Gasteiger partial charge in [0.1, 0.15) is 11.3 Å². The maximum atomic E-state index is 13.5. The maximum absolute atomic E-state index is 13.5. The number of carboxylic acid groups (broad SMARTS) is 1. The molecule has 1 aromatic rings. The Hall–Kier alpha value is -2.53. The van der Waals surface area contributed by atoms with Crippen LogP contribution in [0.5, 0.6) is 5.75 Å². The Balaban J connectivity index is 1.95. The number of fused-ring (bicyclic) bond motifs is 1. The Morgan fingerprint density at radius 1 is 1.25 bits per heavy atom. The lowest BCUT2D eigenvalue weighted by Crippen LogP contribution is -2.56. The lowest BCUT2D eigenvalue weighted by molar-refractivity contribution is -0.274. The average Bonchev–Trinajstić information content (AvgIpc) is 3.28. The summed E-state index contributed by atoms with van der Waals surface area (Å²) in [7, 11) is 0. The molecule has 0 aromatic heterocycles. The molecule has 2 fully saturated rings. The second kappa shape index (κ2) is 11.7. The summed E-state index contributed by atoms with van der Waals surface area (Å²) in [4.78, 5) is 40.6. The molecular weight excluding hydrogens is 497 g/mol. The van der Waals surface area contributed by atoms with Gasteiger partial charge in [0.15, 0.2) is 0 Å². The van der Waals surface area contributed by atoms with Crippen molar-refractivity contribution in [3.05, 3.63) is 42.0 Å². The van der Waals surface area contributed by atoms with E-state index in [1.54, 1.807) is 6.26 Å². The number of carbonyl (C=O) groups is 3. The van der Waals surface area contributed by atoms with Gasteiger partial charge in [-0.2, -0.15) is 11.8 Å². The van der Waals surface area contributed by atoms with Gasteiger partial charge in [-0.15, -0.1) is 13.2 Å².